The van der Waals surface area contributed by atoms with E-state index in [1.165, 1.54) is 4.90 Å². The number of nitrogens with zero attached hydrogens (tertiary/aromatic N) is 2. The maximum Gasteiger partial charge on any atom is 0.261 e. The van der Waals surface area contributed by atoms with E-state index in [0.29, 0.717) is 40.4 Å². The van der Waals surface area contributed by atoms with Gasteiger partial charge >= 0.3 is 0 Å². The highest BCUT2D eigenvalue weighted by Gasteiger charge is 2.39. The van der Waals surface area contributed by atoms with Gasteiger partial charge in [0.1, 0.15) is 0 Å². The summed E-state index contributed by atoms with van der Waals surface area (Å²) in [7, 11) is 1.79. The summed E-state index contributed by atoms with van der Waals surface area (Å²) in [5.74, 6) is 2.42. The minimum atomic E-state index is -0.192. The molecule has 2 aliphatic rings. The van der Waals surface area contributed by atoms with E-state index in [4.69, 9.17) is 11.6 Å². The van der Waals surface area contributed by atoms with Gasteiger partial charge in [-0.2, -0.15) is 0 Å². The van der Waals surface area contributed by atoms with Crippen molar-refractivity contribution < 1.29 is 9.59 Å². The second-order valence-corrected chi connectivity index (χ2v) is 6.07. The smallest absolute Gasteiger partial charge is 0.261 e. The Balaban J connectivity index is 2.00. The van der Waals surface area contributed by atoms with Crippen LogP contribution in [0.1, 0.15) is 32.6 Å². The molecular weight excluding hydrogens is 312 g/mol. The van der Waals surface area contributed by atoms with Gasteiger partial charge in [0.05, 0.1) is 16.4 Å². The van der Waals surface area contributed by atoms with Gasteiger partial charge in [0.2, 0.25) is 0 Å². The summed E-state index contributed by atoms with van der Waals surface area (Å²) in [5, 5.41) is 0.524. The molecule has 0 fully saturated rings. The molecule has 0 spiro atoms. The number of amides is 2. The lowest BCUT2D eigenvalue weighted by Gasteiger charge is -2.19. The van der Waals surface area contributed by atoms with Crippen molar-refractivity contribution in [3.63, 3.8) is 0 Å². The van der Waals surface area contributed by atoms with Gasteiger partial charge in [-0.25, -0.2) is 4.90 Å². The number of halogens is 1. The monoisotopic (exact) mass is 328 g/mol. The van der Waals surface area contributed by atoms with Gasteiger partial charge in [-0.05, 0) is 50.8 Å². The summed E-state index contributed by atoms with van der Waals surface area (Å²) in [6.45, 7) is 1.74. The zero-order chi connectivity index (χ0) is 16.6. The second kappa shape index (κ2) is 6.10. The number of carbonyl (C=O) groups excluding carboxylic acids is 2. The molecule has 0 unspecified atom stereocenters. The first-order valence-corrected chi connectivity index (χ1v) is 7.99. The lowest BCUT2D eigenvalue weighted by atomic mass is 9.93. The predicted molar refractivity (Wildman–Crippen MR) is 91.3 cm³/mol. The van der Waals surface area contributed by atoms with E-state index in [1.807, 2.05) is 0 Å². The molecule has 1 aromatic rings. The lowest BCUT2D eigenvalue weighted by molar-refractivity contribution is -0.120. The van der Waals surface area contributed by atoms with E-state index in [9.17, 15) is 9.59 Å². The third-order valence-corrected chi connectivity index (χ3v) is 4.54. The Morgan fingerprint density at radius 2 is 1.74 bits per heavy atom. The average molecular weight is 329 g/mol. The predicted octanol–water partition coefficient (Wildman–Crippen LogP) is 3.50. The molecule has 0 saturated carbocycles. The van der Waals surface area contributed by atoms with Crippen LogP contribution in [0.2, 0.25) is 5.02 Å². The Hall–Kier alpha value is -2.25. The topological polar surface area (TPSA) is 40.6 Å². The molecule has 0 radical (unpaired) electrons. The van der Waals surface area contributed by atoms with Crippen molar-refractivity contribution in [2.24, 2.45) is 0 Å². The van der Waals surface area contributed by atoms with E-state index < -0.39 is 0 Å². The minimum absolute atomic E-state index is 0.192. The Morgan fingerprint density at radius 1 is 1.13 bits per heavy atom. The van der Waals surface area contributed by atoms with Crippen LogP contribution in [0.4, 0.5) is 11.4 Å². The first-order valence-electron chi connectivity index (χ1n) is 7.61. The molecule has 0 bridgehead atoms. The van der Waals surface area contributed by atoms with Crippen LogP contribution in [-0.2, 0) is 9.59 Å². The Kier molecular flexibility index (Phi) is 4.14. The molecule has 5 heteroatoms. The minimum Gasteiger partial charge on any atom is -0.303 e. The van der Waals surface area contributed by atoms with Gasteiger partial charge in [-0.15, -0.1) is 0 Å². The van der Waals surface area contributed by atoms with Crippen LogP contribution < -0.4 is 9.80 Å². The number of carbonyl (C=O) groups is 2. The van der Waals surface area contributed by atoms with E-state index in [1.54, 1.807) is 37.1 Å². The van der Waals surface area contributed by atoms with E-state index in [-0.39, 0.29) is 11.8 Å². The zero-order valence-electron chi connectivity index (χ0n) is 13.1. The average Bonchev–Trinajstić information content (AvgIpc) is 2.80. The standard InChI is InChI=1S/C18H17ClN2O2/c1-3-10-20(2)16-11-12(8-9-15(16)19)21-17(22)13-6-4-5-7-14(13)18(21)23/h8-9,11H,4-7H2,1-2H3. The maximum absolute atomic E-state index is 12.6. The van der Waals surface area contributed by atoms with Crippen molar-refractivity contribution in [2.75, 3.05) is 16.8 Å². The fraction of sp³-hybridized carbons (Fsp3) is 0.333. The molecule has 0 N–H and O–H groups in total. The summed E-state index contributed by atoms with van der Waals surface area (Å²) < 4.78 is 0. The van der Waals surface area contributed by atoms with Gasteiger partial charge in [-0.3, -0.25) is 9.59 Å². The molecule has 2 amide bonds. The molecule has 1 aromatic carbocycles. The Bertz CT molecular complexity index is 758. The van der Waals surface area contributed by atoms with Gasteiger partial charge in [0.15, 0.2) is 0 Å². The number of rotatable bonds is 2. The highest BCUT2D eigenvalue weighted by molar-refractivity contribution is 6.35. The quantitative estimate of drug-likeness (QED) is 0.474. The number of benzene rings is 1. The molecule has 1 aliphatic heterocycles. The van der Waals surface area contributed by atoms with Gasteiger partial charge in [0, 0.05) is 24.2 Å². The maximum atomic E-state index is 12.6. The van der Waals surface area contributed by atoms with Crippen LogP contribution in [-0.4, -0.2) is 18.9 Å². The Morgan fingerprint density at radius 3 is 2.30 bits per heavy atom. The fourth-order valence-electron chi connectivity index (χ4n) is 3.10. The number of hydrogen-bond acceptors (Lipinski definition) is 3. The van der Waals surface area contributed by atoms with E-state index in [0.717, 1.165) is 12.8 Å². The molecule has 23 heavy (non-hydrogen) atoms. The highest BCUT2D eigenvalue weighted by Crippen LogP contribution is 2.37. The van der Waals surface area contributed by atoms with Crippen LogP contribution in [0.15, 0.2) is 29.3 Å². The Labute approximate surface area is 140 Å². The number of imide groups is 1. The SMILES string of the molecule is CC#CN(C)c1cc(N2C(=O)C3=C(CCCC3)C2=O)ccc1Cl. The summed E-state index contributed by atoms with van der Waals surface area (Å²) in [6, 6.07) is 8.02. The first-order chi connectivity index (χ1) is 11.0. The zero-order valence-corrected chi connectivity index (χ0v) is 13.9. The summed E-state index contributed by atoms with van der Waals surface area (Å²) >= 11 is 6.22. The third kappa shape index (κ3) is 2.62. The summed E-state index contributed by atoms with van der Waals surface area (Å²) in [4.78, 5) is 28.2. The molecule has 3 rings (SSSR count). The van der Waals surface area contributed by atoms with Crippen molar-refractivity contribution in [3.05, 3.63) is 34.4 Å². The molecule has 0 aromatic heterocycles. The third-order valence-electron chi connectivity index (χ3n) is 4.22. The normalized spacial score (nSPS) is 17.1. The van der Waals surface area contributed by atoms with Crippen molar-refractivity contribution in [3.8, 4) is 12.0 Å². The molecule has 4 nitrogen and oxygen atoms in total. The summed E-state index contributed by atoms with van der Waals surface area (Å²) in [5.41, 5.74) is 2.57. The van der Waals surface area contributed by atoms with Crippen molar-refractivity contribution in [1.82, 2.24) is 0 Å². The largest absolute Gasteiger partial charge is 0.303 e. The van der Waals surface area contributed by atoms with Crippen molar-refractivity contribution in [1.29, 1.82) is 0 Å². The van der Waals surface area contributed by atoms with Crippen LogP contribution in [0, 0.1) is 12.0 Å². The van der Waals surface area contributed by atoms with Crippen LogP contribution >= 0.6 is 11.6 Å². The molecular formula is C18H17ClN2O2. The van der Waals surface area contributed by atoms with Crippen LogP contribution in [0.5, 0.6) is 0 Å². The van der Waals surface area contributed by atoms with Crippen LogP contribution in [0.25, 0.3) is 0 Å². The van der Waals surface area contributed by atoms with E-state index in [2.05, 4.69) is 12.0 Å². The number of hydrogen-bond donors (Lipinski definition) is 0. The van der Waals surface area contributed by atoms with Gasteiger partial charge in [0.25, 0.3) is 11.8 Å². The van der Waals surface area contributed by atoms with Gasteiger partial charge < -0.3 is 4.90 Å². The van der Waals surface area contributed by atoms with Crippen molar-refractivity contribution in [2.45, 2.75) is 32.6 Å². The first kappa shape index (κ1) is 15.6. The molecule has 1 aliphatic carbocycles. The molecule has 0 atom stereocenters. The second-order valence-electron chi connectivity index (χ2n) is 5.67. The fourth-order valence-corrected chi connectivity index (χ4v) is 3.34. The molecule has 1 heterocycles. The summed E-state index contributed by atoms with van der Waals surface area (Å²) in [6.07, 6.45) is 3.31. The lowest BCUT2D eigenvalue weighted by Crippen LogP contribution is -2.31. The van der Waals surface area contributed by atoms with Crippen molar-refractivity contribution >= 4 is 34.8 Å². The van der Waals surface area contributed by atoms with Crippen LogP contribution in [0.3, 0.4) is 0 Å². The highest BCUT2D eigenvalue weighted by atomic mass is 35.5. The molecule has 0 saturated heterocycles. The molecule has 118 valence electrons. The van der Waals surface area contributed by atoms with Gasteiger partial charge in [-0.1, -0.05) is 17.5 Å². The van der Waals surface area contributed by atoms with E-state index >= 15 is 0 Å². The number of anilines is 2.